The van der Waals surface area contributed by atoms with Crippen LogP contribution in [0.2, 0.25) is 0 Å². The molecule has 0 spiro atoms. The minimum Gasteiger partial charge on any atom is -0.344 e. The van der Waals surface area contributed by atoms with Crippen molar-refractivity contribution in [3.8, 4) is 0 Å². The second-order valence-electron chi connectivity index (χ2n) is 5.69. The Morgan fingerprint density at radius 2 is 2.05 bits per heavy atom. The highest BCUT2D eigenvalue weighted by Crippen LogP contribution is 2.40. The predicted molar refractivity (Wildman–Crippen MR) is 74.4 cm³/mol. The molecule has 0 saturated heterocycles. The van der Waals surface area contributed by atoms with E-state index in [1.165, 1.54) is 0 Å². The maximum atomic E-state index is 12.2. The number of carbonyl (C=O) groups is 2. The number of Topliss-reactive ketones (excluding diaryl/α,β-unsaturated/α-hetero) is 2. The Hall–Kier alpha value is -2.01. The van der Waals surface area contributed by atoms with Gasteiger partial charge in [0.2, 0.25) is 5.78 Å². The summed E-state index contributed by atoms with van der Waals surface area (Å²) in [5, 5.41) is 0. The third kappa shape index (κ3) is 1.86. The Morgan fingerprint density at radius 3 is 2.75 bits per heavy atom. The average Bonchev–Trinajstić information content (AvgIpc) is 2.78. The largest absolute Gasteiger partial charge is 0.344 e. The van der Waals surface area contributed by atoms with E-state index < -0.39 is 11.6 Å². The summed E-state index contributed by atoms with van der Waals surface area (Å²) in [7, 11) is 3.87. The predicted octanol–water partition coefficient (Wildman–Crippen LogP) is 1.45. The summed E-state index contributed by atoms with van der Waals surface area (Å²) in [4.78, 5) is 33.9. The van der Waals surface area contributed by atoms with Crippen molar-refractivity contribution >= 4 is 11.6 Å². The number of fused-ring (bicyclic) bond motifs is 3. The number of aromatic nitrogens is 2. The maximum Gasteiger partial charge on any atom is 0.253 e. The lowest BCUT2D eigenvalue weighted by Crippen LogP contribution is -2.32. The standard InChI is InChI=1S/C15H17N3O2/c1-8-5-4-6-9-11(8)12-13(15(20)14(9)19)17-10(16-12)7-18(2)3/h4-6,8,11H,7H2,1-3H3,(H,16,17). The van der Waals surface area contributed by atoms with Crippen molar-refractivity contribution in [3.63, 3.8) is 0 Å². The zero-order valence-electron chi connectivity index (χ0n) is 11.8. The van der Waals surface area contributed by atoms with Crippen LogP contribution in [-0.4, -0.2) is 40.5 Å². The smallest absolute Gasteiger partial charge is 0.253 e. The Bertz CT molecular complexity index is 652. The molecule has 1 aromatic heterocycles. The quantitative estimate of drug-likeness (QED) is 0.827. The molecular formula is C15H17N3O2. The van der Waals surface area contributed by atoms with E-state index in [4.69, 9.17) is 0 Å². The Kier molecular flexibility index (Phi) is 2.94. The molecule has 3 rings (SSSR count). The van der Waals surface area contributed by atoms with Crippen molar-refractivity contribution in [1.29, 1.82) is 0 Å². The lowest BCUT2D eigenvalue weighted by molar-refractivity contribution is -0.112. The summed E-state index contributed by atoms with van der Waals surface area (Å²) in [5.74, 6) is -0.0842. The van der Waals surface area contributed by atoms with Crippen molar-refractivity contribution in [1.82, 2.24) is 14.9 Å². The number of carbonyl (C=O) groups excluding carboxylic acids is 2. The second kappa shape index (κ2) is 4.52. The van der Waals surface area contributed by atoms with E-state index in [1.54, 1.807) is 6.08 Å². The first-order chi connectivity index (χ1) is 9.49. The highest BCUT2D eigenvalue weighted by molar-refractivity contribution is 6.50. The number of imidazole rings is 1. The topological polar surface area (TPSA) is 66.1 Å². The molecule has 104 valence electrons. The van der Waals surface area contributed by atoms with Gasteiger partial charge in [-0.15, -0.1) is 0 Å². The number of hydrogen-bond donors (Lipinski definition) is 1. The SMILES string of the molecule is CC1C=CC=C2C(=O)C(=O)c3nc(CN(C)C)[nH]c3C21. The molecule has 0 bridgehead atoms. The molecule has 20 heavy (non-hydrogen) atoms. The Morgan fingerprint density at radius 1 is 1.30 bits per heavy atom. The minimum atomic E-state index is -0.494. The molecule has 5 heteroatoms. The van der Waals surface area contributed by atoms with Gasteiger partial charge in [-0.2, -0.15) is 0 Å². The van der Waals surface area contributed by atoms with Crippen molar-refractivity contribution in [2.75, 3.05) is 14.1 Å². The van der Waals surface area contributed by atoms with Crippen LogP contribution in [0.5, 0.6) is 0 Å². The van der Waals surface area contributed by atoms with Crippen LogP contribution in [0.3, 0.4) is 0 Å². The van der Waals surface area contributed by atoms with Gasteiger partial charge in [-0.1, -0.05) is 25.2 Å². The van der Waals surface area contributed by atoms with Gasteiger partial charge >= 0.3 is 0 Å². The average molecular weight is 271 g/mol. The van der Waals surface area contributed by atoms with Gasteiger partial charge in [0.15, 0.2) is 0 Å². The minimum absolute atomic E-state index is 0.0800. The number of ketones is 2. The molecule has 2 aliphatic carbocycles. The Labute approximate surface area is 117 Å². The second-order valence-corrected chi connectivity index (χ2v) is 5.69. The van der Waals surface area contributed by atoms with E-state index in [0.29, 0.717) is 17.8 Å². The molecule has 0 fully saturated rings. The van der Waals surface area contributed by atoms with E-state index in [0.717, 1.165) is 11.5 Å². The molecule has 1 heterocycles. The van der Waals surface area contributed by atoms with E-state index >= 15 is 0 Å². The Balaban J connectivity index is 2.12. The van der Waals surface area contributed by atoms with Crippen LogP contribution in [0.1, 0.15) is 34.8 Å². The molecule has 5 nitrogen and oxygen atoms in total. The molecule has 1 aromatic rings. The van der Waals surface area contributed by atoms with Gasteiger partial charge in [0.25, 0.3) is 5.78 Å². The van der Waals surface area contributed by atoms with Crippen LogP contribution < -0.4 is 0 Å². The summed E-state index contributed by atoms with van der Waals surface area (Å²) < 4.78 is 0. The van der Waals surface area contributed by atoms with Gasteiger partial charge in [-0.3, -0.25) is 9.59 Å². The van der Waals surface area contributed by atoms with Gasteiger partial charge in [0.05, 0.1) is 12.2 Å². The summed E-state index contributed by atoms with van der Waals surface area (Å²) in [5.41, 5.74) is 1.67. The fraction of sp³-hybridized carbons (Fsp3) is 0.400. The maximum absolute atomic E-state index is 12.2. The zero-order valence-corrected chi connectivity index (χ0v) is 11.8. The molecular weight excluding hydrogens is 254 g/mol. The first kappa shape index (κ1) is 13.0. The van der Waals surface area contributed by atoms with Crippen LogP contribution >= 0.6 is 0 Å². The summed E-state index contributed by atoms with van der Waals surface area (Å²) >= 11 is 0. The zero-order chi connectivity index (χ0) is 14.4. The third-order valence-electron chi connectivity index (χ3n) is 3.79. The number of nitrogens with zero attached hydrogens (tertiary/aromatic N) is 2. The van der Waals surface area contributed by atoms with E-state index in [1.807, 2.05) is 38.1 Å². The van der Waals surface area contributed by atoms with Gasteiger partial charge < -0.3 is 9.88 Å². The van der Waals surface area contributed by atoms with Gasteiger partial charge in [-0.25, -0.2) is 4.98 Å². The highest BCUT2D eigenvalue weighted by Gasteiger charge is 2.41. The molecule has 2 atom stereocenters. The van der Waals surface area contributed by atoms with Crippen LogP contribution in [0, 0.1) is 5.92 Å². The number of allylic oxidation sites excluding steroid dienone is 4. The number of hydrogen-bond acceptors (Lipinski definition) is 4. The molecule has 0 amide bonds. The van der Waals surface area contributed by atoms with Crippen LogP contribution in [0.25, 0.3) is 0 Å². The first-order valence-electron chi connectivity index (χ1n) is 6.70. The number of rotatable bonds is 2. The van der Waals surface area contributed by atoms with E-state index in [-0.39, 0.29) is 11.8 Å². The molecule has 2 unspecified atom stereocenters. The molecule has 1 N–H and O–H groups in total. The molecule has 0 aromatic carbocycles. The molecule has 0 aliphatic heterocycles. The van der Waals surface area contributed by atoms with Crippen molar-refractivity contribution in [3.05, 3.63) is 41.0 Å². The van der Waals surface area contributed by atoms with Gasteiger partial charge in [0.1, 0.15) is 11.5 Å². The molecule has 0 saturated carbocycles. The molecule has 0 radical (unpaired) electrons. The number of H-pyrrole nitrogens is 1. The fourth-order valence-corrected chi connectivity index (χ4v) is 2.92. The van der Waals surface area contributed by atoms with Crippen molar-refractivity contribution < 1.29 is 9.59 Å². The summed E-state index contributed by atoms with van der Waals surface area (Å²) in [6.07, 6.45) is 5.65. The van der Waals surface area contributed by atoms with Crippen LogP contribution in [0.15, 0.2) is 23.8 Å². The van der Waals surface area contributed by atoms with Crippen molar-refractivity contribution in [2.24, 2.45) is 5.92 Å². The van der Waals surface area contributed by atoms with Crippen LogP contribution in [0.4, 0.5) is 0 Å². The summed E-state index contributed by atoms with van der Waals surface area (Å²) in [6, 6.07) is 0. The first-order valence-corrected chi connectivity index (χ1v) is 6.70. The third-order valence-corrected chi connectivity index (χ3v) is 3.79. The van der Waals surface area contributed by atoms with Crippen LogP contribution in [-0.2, 0) is 11.3 Å². The van der Waals surface area contributed by atoms with Gasteiger partial charge in [-0.05, 0) is 20.0 Å². The molecule has 2 aliphatic rings. The fourth-order valence-electron chi connectivity index (χ4n) is 2.92. The monoisotopic (exact) mass is 271 g/mol. The van der Waals surface area contributed by atoms with Gasteiger partial charge in [0, 0.05) is 11.5 Å². The summed E-state index contributed by atoms with van der Waals surface area (Å²) in [6.45, 7) is 2.66. The number of aromatic amines is 1. The van der Waals surface area contributed by atoms with E-state index in [9.17, 15) is 9.59 Å². The van der Waals surface area contributed by atoms with Crippen molar-refractivity contribution in [2.45, 2.75) is 19.4 Å². The highest BCUT2D eigenvalue weighted by atomic mass is 16.2. The number of nitrogens with one attached hydrogen (secondary N) is 1. The van der Waals surface area contributed by atoms with E-state index in [2.05, 4.69) is 9.97 Å². The lowest BCUT2D eigenvalue weighted by atomic mass is 9.74. The lowest BCUT2D eigenvalue weighted by Gasteiger charge is -2.28. The normalized spacial score (nSPS) is 24.7.